The van der Waals surface area contributed by atoms with Crippen LogP contribution in [0.5, 0.6) is 0 Å². The van der Waals surface area contributed by atoms with Gasteiger partial charge in [0, 0.05) is 25.2 Å². The van der Waals surface area contributed by atoms with Crippen LogP contribution in [0.1, 0.15) is 12.5 Å². The molecule has 1 atom stereocenters. The van der Waals surface area contributed by atoms with Crippen LogP contribution in [0.4, 0.5) is 5.69 Å². The molecule has 128 valence electrons. The van der Waals surface area contributed by atoms with Crippen molar-refractivity contribution in [3.8, 4) is 0 Å². The fourth-order valence-corrected chi connectivity index (χ4v) is 2.27. The zero-order valence-electron chi connectivity index (χ0n) is 13.2. The number of rotatable bonds is 5. The molecule has 1 amide bonds. The molecule has 0 aliphatic carbocycles. The Morgan fingerprint density at radius 3 is 2.92 bits per heavy atom. The number of ether oxygens (including phenoxy) is 2. The van der Waals surface area contributed by atoms with Gasteiger partial charge in [-0.05, 0) is 19.1 Å². The molecular weight excluding hydrogens is 316 g/mol. The van der Waals surface area contributed by atoms with Crippen LogP contribution >= 0.6 is 0 Å². The van der Waals surface area contributed by atoms with E-state index >= 15 is 0 Å². The van der Waals surface area contributed by atoms with Crippen LogP contribution in [0.3, 0.4) is 0 Å². The maximum atomic E-state index is 11.9. The molecule has 0 radical (unpaired) electrons. The molecule has 0 aromatic heterocycles. The number of morpholine rings is 1. The van der Waals surface area contributed by atoms with Crippen molar-refractivity contribution in [2.24, 2.45) is 0 Å². The van der Waals surface area contributed by atoms with Crippen LogP contribution in [0.15, 0.2) is 30.3 Å². The van der Waals surface area contributed by atoms with Gasteiger partial charge in [0.25, 0.3) is 11.6 Å². The molecule has 8 nitrogen and oxygen atoms in total. The molecule has 2 rings (SSSR count). The van der Waals surface area contributed by atoms with Crippen LogP contribution in [0.25, 0.3) is 6.08 Å². The smallest absolute Gasteiger partial charge is 0.331 e. The Hall–Kier alpha value is -2.74. The van der Waals surface area contributed by atoms with Gasteiger partial charge < -0.3 is 14.4 Å². The monoisotopic (exact) mass is 334 g/mol. The average Bonchev–Trinajstić information content (AvgIpc) is 2.58. The molecular formula is C16H18N2O6. The van der Waals surface area contributed by atoms with Gasteiger partial charge in [-0.15, -0.1) is 0 Å². The minimum atomic E-state index is -0.734. The second-order valence-electron chi connectivity index (χ2n) is 5.28. The molecule has 0 saturated carbocycles. The molecule has 1 unspecified atom stereocenters. The zero-order valence-corrected chi connectivity index (χ0v) is 13.2. The zero-order chi connectivity index (χ0) is 17.5. The van der Waals surface area contributed by atoms with Crippen LogP contribution in [-0.2, 0) is 19.1 Å². The Bertz CT molecular complexity index is 658. The lowest BCUT2D eigenvalue weighted by Crippen LogP contribution is -2.46. The van der Waals surface area contributed by atoms with Gasteiger partial charge in [0.1, 0.15) is 0 Å². The molecule has 24 heavy (non-hydrogen) atoms. The molecule has 0 spiro atoms. The standard InChI is InChI=1S/C16H18N2O6/c1-12-10-17(8-9-23-12)15(19)11-24-16(20)7-6-13-4-2-3-5-14(13)18(21)22/h2-7,12H,8-11H2,1H3/b7-6+. The van der Waals surface area contributed by atoms with Crippen molar-refractivity contribution in [1.29, 1.82) is 0 Å². The van der Waals surface area contributed by atoms with Gasteiger partial charge in [0.15, 0.2) is 6.61 Å². The van der Waals surface area contributed by atoms with Crippen molar-refractivity contribution in [1.82, 2.24) is 4.90 Å². The van der Waals surface area contributed by atoms with Crippen LogP contribution in [0.2, 0.25) is 0 Å². The minimum absolute atomic E-state index is 0.0445. The SMILES string of the molecule is CC1CN(C(=O)COC(=O)/C=C/c2ccccc2[N+](=O)[O-])CCO1. The Balaban J connectivity index is 1.87. The highest BCUT2D eigenvalue weighted by atomic mass is 16.6. The van der Waals surface area contributed by atoms with Crippen molar-refractivity contribution in [2.45, 2.75) is 13.0 Å². The summed E-state index contributed by atoms with van der Waals surface area (Å²) >= 11 is 0. The maximum Gasteiger partial charge on any atom is 0.331 e. The number of amides is 1. The van der Waals surface area contributed by atoms with Gasteiger partial charge in [-0.25, -0.2) is 4.79 Å². The predicted octanol–water partition coefficient (Wildman–Crippen LogP) is 1.40. The summed E-state index contributed by atoms with van der Waals surface area (Å²) in [5.41, 5.74) is 0.174. The first-order chi connectivity index (χ1) is 11.5. The molecule has 0 N–H and O–H groups in total. The van der Waals surface area contributed by atoms with Gasteiger partial charge in [0.2, 0.25) is 0 Å². The summed E-state index contributed by atoms with van der Waals surface area (Å²) in [6.07, 6.45) is 2.32. The van der Waals surface area contributed by atoms with E-state index in [-0.39, 0.29) is 29.9 Å². The predicted molar refractivity (Wildman–Crippen MR) is 85.1 cm³/mol. The lowest BCUT2D eigenvalue weighted by Gasteiger charge is -2.30. The van der Waals surface area contributed by atoms with Crippen LogP contribution in [0, 0.1) is 10.1 Å². The summed E-state index contributed by atoms with van der Waals surface area (Å²) in [7, 11) is 0. The number of carbonyl (C=O) groups is 2. The molecule has 1 fully saturated rings. The largest absolute Gasteiger partial charge is 0.452 e. The quantitative estimate of drug-likeness (QED) is 0.349. The van der Waals surface area contributed by atoms with E-state index in [9.17, 15) is 19.7 Å². The fraction of sp³-hybridized carbons (Fsp3) is 0.375. The van der Waals surface area contributed by atoms with Gasteiger partial charge in [0.05, 0.1) is 23.2 Å². The van der Waals surface area contributed by atoms with Crippen molar-refractivity contribution >= 4 is 23.6 Å². The minimum Gasteiger partial charge on any atom is -0.452 e. The topological polar surface area (TPSA) is 99.0 Å². The van der Waals surface area contributed by atoms with Crippen molar-refractivity contribution in [3.63, 3.8) is 0 Å². The third-order valence-electron chi connectivity index (χ3n) is 3.46. The van der Waals surface area contributed by atoms with E-state index in [1.165, 1.54) is 24.3 Å². The van der Waals surface area contributed by atoms with Gasteiger partial charge in [-0.1, -0.05) is 12.1 Å². The van der Waals surface area contributed by atoms with E-state index in [0.717, 1.165) is 6.08 Å². The normalized spacial score (nSPS) is 17.7. The third-order valence-corrected chi connectivity index (χ3v) is 3.46. The number of carbonyl (C=O) groups excluding carboxylic acids is 2. The first-order valence-electron chi connectivity index (χ1n) is 7.45. The summed E-state index contributed by atoms with van der Waals surface area (Å²) in [6, 6.07) is 6.02. The van der Waals surface area contributed by atoms with Gasteiger partial charge in [-0.3, -0.25) is 14.9 Å². The lowest BCUT2D eigenvalue weighted by atomic mass is 10.1. The van der Waals surface area contributed by atoms with E-state index in [0.29, 0.717) is 19.7 Å². The molecule has 1 heterocycles. The van der Waals surface area contributed by atoms with Gasteiger partial charge in [-0.2, -0.15) is 0 Å². The molecule has 0 bridgehead atoms. The summed E-state index contributed by atoms with van der Waals surface area (Å²) in [5.74, 6) is -1.03. The summed E-state index contributed by atoms with van der Waals surface area (Å²) < 4.78 is 10.2. The molecule has 8 heteroatoms. The molecule has 1 aromatic carbocycles. The number of nitro groups is 1. The second-order valence-corrected chi connectivity index (χ2v) is 5.28. The highest BCUT2D eigenvalue weighted by molar-refractivity contribution is 5.90. The molecule has 1 aliphatic rings. The highest BCUT2D eigenvalue weighted by Gasteiger charge is 2.22. The lowest BCUT2D eigenvalue weighted by molar-refractivity contribution is -0.385. The van der Waals surface area contributed by atoms with E-state index in [4.69, 9.17) is 9.47 Å². The van der Waals surface area contributed by atoms with E-state index < -0.39 is 10.9 Å². The number of para-hydroxylation sites is 1. The Morgan fingerprint density at radius 1 is 1.46 bits per heavy atom. The number of hydrogen-bond donors (Lipinski definition) is 0. The van der Waals surface area contributed by atoms with Gasteiger partial charge >= 0.3 is 5.97 Å². The van der Waals surface area contributed by atoms with Crippen molar-refractivity contribution in [3.05, 3.63) is 46.0 Å². The van der Waals surface area contributed by atoms with E-state index in [1.807, 2.05) is 6.92 Å². The number of nitro benzene ring substituents is 1. The summed E-state index contributed by atoms with van der Waals surface area (Å²) in [4.78, 5) is 35.5. The first kappa shape index (κ1) is 17.6. The molecule has 1 aromatic rings. The summed E-state index contributed by atoms with van der Waals surface area (Å²) in [6.45, 7) is 2.88. The fourth-order valence-electron chi connectivity index (χ4n) is 2.27. The Labute approximate surface area is 138 Å². The number of hydrogen-bond acceptors (Lipinski definition) is 6. The van der Waals surface area contributed by atoms with Crippen molar-refractivity contribution < 1.29 is 24.0 Å². The maximum absolute atomic E-state index is 11.9. The Morgan fingerprint density at radius 2 is 2.21 bits per heavy atom. The molecule has 1 saturated heterocycles. The average molecular weight is 334 g/mol. The number of benzene rings is 1. The first-order valence-corrected chi connectivity index (χ1v) is 7.45. The van der Waals surface area contributed by atoms with Crippen LogP contribution < -0.4 is 0 Å². The second kappa shape index (κ2) is 8.21. The molecule has 1 aliphatic heterocycles. The van der Waals surface area contributed by atoms with E-state index in [2.05, 4.69) is 0 Å². The number of esters is 1. The third kappa shape index (κ3) is 4.88. The van der Waals surface area contributed by atoms with Crippen molar-refractivity contribution in [2.75, 3.05) is 26.3 Å². The Kier molecular flexibility index (Phi) is 6.02. The number of nitrogens with zero attached hydrogens (tertiary/aromatic N) is 2. The highest BCUT2D eigenvalue weighted by Crippen LogP contribution is 2.18. The summed E-state index contributed by atoms with van der Waals surface area (Å²) in [5, 5.41) is 10.9. The van der Waals surface area contributed by atoms with E-state index in [1.54, 1.807) is 11.0 Å². The van der Waals surface area contributed by atoms with Crippen LogP contribution in [-0.4, -0.2) is 54.1 Å².